The van der Waals surface area contributed by atoms with E-state index in [0.29, 0.717) is 37.9 Å². The minimum Gasteiger partial charge on any atom is -0.461 e. The van der Waals surface area contributed by atoms with Gasteiger partial charge in [-0.15, -0.1) is 11.3 Å². The zero-order valence-corrected chi connectivity index (χ0v) is 19.1. The number of aromatic nitrogens is 2. The minimum atomic E-state index is -0.399. The molecule has 0 N–H and O–H groups in total. The molecular weight excluding hydrogens is 459 g/mol. The molecule has 0 fully saturated rings. The third-order valence-electron chi connectivity index (χ3n) is 5.10. The SMILES string of the molecule is Cc1ccc(-c2csc3nc(SCC(=O)c4ccc(F)cc4)n(-c4ccccc4)c(=O)c23)o1. The summed E-state index contributed by atoms with van der Waals surface area (Å²) in [6.07, 6.45) is 0. The number of ketones is 1. The van der Waals surface area contributed by atoms with Gasteiger partial charge in [0.1, 0.15) is 22.2 Å². The minimum absolute atomic E-state index is 0.0615. The summed E-state index contributed by atoms with van der Waals surface area (Å²) in [5.41, 5.74) is 1.53. The molecule has 5 rings (SSSR count). The maximum atomic E-state index is 13.7. The van der Waals surface area contributed by atoms with Gasteiger partial charge in [-0.25, -0.2) is 9.37 Å². The van der Waals surface area contributed by atoms with E-state index in [0.717, 1.165) is 5.76 Å². The normalized spacial score (nSPS) is 11.2. The second-order valence-corrected chi connectivity index (χ2v) is 9.13. The van der Waals surface area contributed by atoms with Gasteiger partial charge in [-0.3, -0.25) is 14.2 Å². The zero-order chi connectivity index (χ0) is 22.9. The first kappa shape index (κ1) is 21.4. The van der Waals surface area contributed by atoms with Crippen molar-refractivity contribution in [3.05, 3.63) is 99.6 Å². The first-order chi connectivity index (χ1) is 16.0. The molecule has 0 bridgehead atoms. The quantitative estimate of drug-likeness (QED) is 0.168. The number of carbonyl (C=O) groups is 1. The number of hydrogen-bond donors (Lipinski definition) is 0. The van der Waals surface area contributed by atoms with Gasteiger partial charge < -0.3 is 4.42 Å². The number of carbonyl (C=O) groups excluding carboxylic acids is 1. The molecule has 0 unspecified atom stereocenters. The molecule has 33 heavy (non-hydrogen) atoms. The third-order valence-corrected chi connectivity index (χ3v) is 6.91. The molecule has 0 aliphatic carbocycles. The third kappa shape index (κ3) is 4.15. The lowest BCUT2D eigenvalue weighted by Crippen LogP contribution is -2.22. The van der Waals surface area contributed by atoms with Crippen LogP contribution in [0.15, 0.2) is 86.5 Å². The van der Waals surface area contributed by atoms with E-state index in [1.54, 1.807) is 0 Å². The standard InChI is InChI=1S/C25H17FN2O3S2/c1-15-7-12-21(31-15)19-13-32-23-22(19)24(30)28(18-5-3-2-4-6-18)25(27-23)33-14-20(29)16-8-10-17(26)11-9-16/h2-13H,14H2,1H3. The Balaban J connectivity index is 1.60. The van der Waals surface area contributed by atoms with Crippen LogP contribution < -0.4 is 5.56 Å². The molecule has 5 nitrogen and oxygen atoms in total. The first-order valence-corrected chi connectivity index (χ1v) is 12.0. The highest BCUT2D eigenvalue weighted by atomic mass is 32.2. The molecule has 0 aliphatic heterocycles. The molecule has 0 radical (unpaired) electrons. The van der Waals surface area contributed by atoms with Crippen molar-refractivity contribution in [2.24, 2.45) is 0 Å². The summed E-state index contributed by atoms with van der Waals surface area (Å²) < 4.78 is 20.5. The van der Waals surface area contributed by atoms with Crippen LogP contribution in [0.2, 0.25) is 0 Å². The van der Waals surface area contributed by atoms with Gasteiger partial charge in [0.15, 0.2) is 10.9 Å². The Bertz CT molecular complexity index is 1520. The lowest BCUT2D eigenvalue weighted by Gasteiger charge is -2.12. The van der Waals surface area contributed by atoms with Crippen molar-refractivity contribution < 1.29 is 13.6 Å². The van der Waals surface area contributed by atoms with Crippen LogP contribution in [0, 0.1) is 12.7 Å². The molecule has 0 atom stereocenters. The highest BCUT2D eigenvalue weighted by molar-refractivity contribution is 7.99. The van der Waals surface area contributed by atoms with Crippen LogP contribution in [0.25, 0.3) is 27.2 Å². The highest BCUT2D eigenvalue weighted by Crippen LogP contribution is 2.34. The van der Waals surface area contributed by atoms with Crippen molar-refractivity contribution in [2.75, 3.05) is 5.75 Å². The number of fused-ring (bicyclic) bond motifs is 1. The fourth-order valence-electron chi connectivity index (χ4n) is 3.48. The Hall–Kier alpha value is -3.49. The molecule has 3 aromatic heterocycles. The molecule has 0 amide bonds. The van der Waals surface area contributed by atoms with E-state index in [1.807, 2.05) is 54.8 Å². The first-order valence-electron chi connectivity index (χ1n) is 10.1. The van der Waals surface area contributed by atoms with E-state index < -0.39 is 5.82 Å². The smallest absolute Gasteiger partial charge is 0.268 e. The van der Waals surface area contributed by atoms with Gasteiger partial charge in [0, 0.05) is 16.5 Å². The number of para-hydroxylation sites is 1. The lowest BCUT2D eigenvalue weighted by atomic mass is 10.1. The fourth-order valence-corrected chi connectivity index (χ4v) is 5.36. The Kier molecular flexibility index (Phi) is 5.70. The number of furan rings is 1. The number of rotatable bonds is 6. The number of thiophene rings is 1. The van der Waals surface area contributed by atoms with Crippen molar-refractivity contribution in [3.8, 4) is 17.0 Å². The van der Waals surface area contributed by atoms with E-state index in [2.05, 4.69) is 0 Å². The van der Waals surface area contributed by atoms with Gasteiger partial charge in [-0.05, 0) is 55.5 Å². The molecule has 5 aromatic rings. The molecule has 164 valence electrons. The second kappa shape index (κ2) is 8.80. The van der Waals surface area contributed by atoms with Crippen molar-refractivity contribution in [1.29, 1.82) is 0 Å². The van der Waals surface area contributed by atoms with Gasteiger partial charge in [0.25, 0.3) is 5.56 Å². The van der Waals surface area contributed by atoms with Crippen LogP contribution >= 0.6 is 23.1 Å². The summed E-state index contributed by atoms with van der Waals surface area (Å²) >= 11 is 2.54. The molecule has 0 aliphatic rings. The molecule has 0 spiro atoms. The van der Waals surface area contributed by atoms with E-state index in [-0.39, 0.29) is 17.1 Å². The molecule has 0 saturated carbocycles. The summed E-state index contributed by atoms with van der Waals surface area (Å²) in [5, 5.41) is 2.76. The summed E-state index contributed by atoms with van der Waals surface area (Å²) in [6.45, 7) is 1.85. The monoisotopic (exact) mass is 476 g/mol. The van der Waals surface area contributed by atoms with Crippen molar-refractivity contribution >= 4 is 39.1 Å². The maximum Gasteiger partial charge on any atom is 0.268 e. The van der Waals surface area contributed by atoms with E-state index in [4.69, 9.17) is 9.40 Å². The molecule has 2 aromatic carbocycles. The maximum absolute atomic E-state index is 13.7. The average Bonchev–Trinajstić information content (AvgIpc) is 3.44. The number of Topliss-reactive ketones (excluding diaryl/α,β-unsaturated/α-hetero) is 1. The Morgan fingerprint density at radius 2 is 1.85 bits per heavy atom. The van der Waals surface area contributed by atoms with E-state index in [9.17, 15) is 14.0 Å². The van der Waals surface area contributed by atoms with E-state index >= 15 is 0 Å². The Morgan fingerprint density at radius 3 is 2.55 bits per heavy atom. The van der Waals surface area contributed by atoms with Crippen molar-refractivity contribution in [2.45, 2.75) is 12.1 Å². The van der Waals surface area contributed by atoms with Gasteiger partial charge in [0.05, 0.1) is 16.8 Å². The fraction of sp³-hybridized carbons (Fsp3) is 0.0800. The summed E-state index contributed by atoms with van der Waals surface area (Å²) in [6, 6.07) is 18.3. The number of halogens is 1. The molecule has 3 heterocycles. The van der Waals surface area contributed by atoms with Gasteiger partial charge >= 0.3 is 0 Å². The van der Waals surface area contributed by atoms with Gasteiger partial charge in [0.2, 0.25) is 0 Å². The topological polar surface area (TPSA) is 65.1 Å². The Labute approximate surface area is 196 Å². The molecule has 8 heteroatoms. The van der Waals surface area contributed by atoms with Crippen molar-refractivity contribution in [3.63, 3.8) is 0 Å². The van der Waals surface area contributed by atoms with Crippen LogP contribution in [0.3, 0.4) is 0 Å². The number of aryl methyl sites for hydroxylation is 1. The molecule has 0 saturated heterocycles. The second-order valence-electron chi connectivity index (χ2n) is 7.33. The van der Waals surface area contributed by atoms with Crippen LogP contribution in [-0.2, 0) is 0 Å². The van der Waals surface area contributed by atoms with Gasteiger partial charge in [-0.1, -0.05) is 30.0 Å². The summed E-state index contributed by atoms with van der Waals surface area (Å²) in [5.74, 6) is 0.860. The Morgan fingerprint density at radius 1 is 1.09 bits per heavy atom. The predicted octanol–water partition coefficient (Wildman–Crippen LogP) is 6.13. The van der Waals surface area contributed by atoms with Gasteiger partial charge in [-0.2, -0.15) is 0 Å². The predicted molar refractivity (Wildman–Crippen MR) is 129 cm³/mol. The zero-order valence-electron chi connectivity index (χ0n) is 17.4. The number of hydrogen-bond acceptors (Lipinski definition) is 6. The average molecular weight is 477 g/mol. The summed E-state index contributed by atoms with van der Waals surface area (Å²) in [7, 11) is 0. The number of thioether (sulfide) groups is 1. The number of benzene rings is 2. The van der Waals surface area contributed by atoms with Crippen LogP contribution in [0.5, 0.6) is 0 Å². The summed E-state index contributed by atoms with van der Waals surface area (Å²) in [4.78, 5) is 31.7. The van der Waals surface area contributed by atoms with Crippen LogP contribution in [-0.4, -0.2) is 21.1 Å². The number of nitrogens with zero attached hydrogens (tertiary/aromatic N) is 2. The van der Waals surface area contributed by atoms with Crippen LogP contribution in [0.4, 0.5) is 4.39 Å². The highest BCUT2D eigenvalue weighted by Gasteiger charge is 2.20. The largest absolute Gasteiger partial charge is 0.461 e. The van der Waals surface area contributed by atoms with Crippen molar-refractivity contribution in [1.82, 2.24) is 9.55 Å². The molecular formula is C25H17FN2O3S2. The lowest BCUT2D eigenvalue weighted by molar-refractivity contribution is 0.102. The van der Waals surface area contributed by atoms with Crippen LogP contribution in [0.1, 0.15) is 16.1 Å². The van der Waals surface area contributed by atoms with E-state index in [1.165, 1.54) is 51.9 Å².